The minimum atomic E-state index is -0.165. The van der Waals surface area contributed by atoms with Crippen LogP contribution in [0.4, 0.5) is 0 Å². The van der Waals surface area contributed by atoms with Crippen molar-refractivity contribution in [3.8, 4) is 0 Å². The van der Waals surface area contributed by atoms with Crippen LogP contribution in [0, 0.1) is 19.8 Å². The molecule has 21 heavy (non-hydrogen) atoms. The summed E-state index contributed by atoms with van der Waals surface area (Å²) < 4.78 is 0. The van der Waals surface area contributed by atoms with E-state index >= 15 is 0 Å². The van der Waals surface area contributed by atoms with Gasteiger partial charge < -0.3 is 5.32 Å². The Balaban J connectivity index is 2.18. The number of fused-ring (bicyclic) bond motifs is 1. The maximum absolute atomic E-state index is 12.1. The van der Waals surface area contributed by atoms with Crippen molar-refractivity contribution in [2.24, 2.45) is 5.92 Å². The van der Waals surface area contributed by atoms with E-state index in [-0.39, 0.29) is 11.2 Å². The number of thioether (sulfide) groups is 1. The molecule has 2 heterocycles. The number of aryl methyl sites for hydroxylation is 2. The second-order valence-corrected chi connectivity index (χ2v) is 8.07. The number of thiophene rings is 1. The Morgan fingerprint density at radius 2 is 2.05 bits per heavy atom. The minimum Gasteiger partial charge on any atom is -0.355 e. The van der Waals surface area contributed by atoms with Gasteiger partial charge in [-0.05, 0) is 32.3 Å². The van der Waals surface area contributed by atoms with Gasteiger partial charge in [0.2, 0.25) is 5.91 Å². The van der Waals surface area contributed by atoms with E-state index in [1.807, 2.05) is 6.92 Å². The standard InChI is InChI=1S/C15H21N3OS2/c1-8(2)6-16-13(19)11(5)21-15-12-9(3)10(4)20-14(12)17-7-18-15/h7-8,11H,6H2,1-5H3,(H,16,19)/t11-/m1/s1. The van der Waals surface area contributed by atoms with Crippen molar-refractivity contribution >= 4 is 39.2 Å². The van der Waals surface area contributed by atoms with Gasteiger partial charge in [-0.25, -0.2) is 9.97 Å². The Morgan fingerprint density at radius 3 is 2.71 bits per heavy atom. The second-order valence-electron chi connectivity index (χ2n) is 5.54. The molecule has 6 heteroatoms. The zero-order chi connectivity index (χ0) is 15.6. The van der Waals surface area contributed by atoms with Crippen molar-refractivity contribution in [3.05, 3.63) is 16.8 Å². The topological polar surface area (TPSA) is 54.9 Å². The van der Waals surface area contributed by atoms with E-state index in [0.717, 1.165) is 15.2 Å². The summed E-state index contributed by atoms with van der Waals surface area (Å²) in [5, 5.41) is 4.79. The third-order valence-corrected chi connectivity index (χ3v) is 5.49. The summed E-state index contributed by atoms with van der Waals surface area (Å²) in [7, 11) is 0. The largest absolute Gasteiger partial charge is 0.355 e. The molecular weight excluding hydrogens is 302 g/mol. The zero-order valence-electron chi connectivity index (χ0n) is 13.1. The van der Waals surface area contributed by atoms with Gasteiger partial charge in [0, 0.05) is 16.8 Å². The van der Waals surface area contributed by atoms with Crippen LogP contribution in [0.1, 0.15) is 31.2 Å². The third kappa shape index (κ3) is 3.74. The van der Waals surface area contributed by atoms with E-state index in [1.54, 1.807) is 17.7 Å². The predicted octanol–water partition coefficient (Wildman–Crippen LogP) is 3.56. The van der Waals surface area contributed by atoms with Crippen LogP contribution in [0.15, 0.2) is 11.4 Å². The number of carbonyl (C=O) groups excluding carboxylic acids is 1. The molecule has 0 saturated heterocycles. The molecule has 0 aliphatic heterocycles. The molecule has 2 aromatic heterocycles. The number of rotatable bonds is 5. The molecule has 0 aliphatic carbocycles. The molecule has 0 radical (unpaired) electrons. The van der Waals surface area contributed by atoms with Crippen molar-refractivity contribution in [1.82, 2.24) is 15.3 Å². The van der Waals surface area contributed by atoms with Gasteiger partial charge in [-0.2, -0.15) is 0 Å². The van der Waals surface area contributed by atoms with Crippen molar-refractivity contribution in [2.45, 2.75) is 44.9 Å². The quantitative estimate of drug-likeness (QED) is 0.675. The predicted molar refractivity (Wildman–Crippen MR) is 90.1 cm³/mol. The summed E-state index contributed by atoms with van der Waals surface area (Å²) in [6.07, 6.45) is 1.58. The molecule has 1 N–H and O–H groups in total. The summed E-state index contributed by atoms with van der Waals surface area (Å²) in [5.74, 6) is 0.517. The first-order chi connectivity index (χ1) is 9.90. The monoisotopic (exact) mass is 323 g/mol. The van der Waals surface area contributed by atoms with E-state index < -0.39 is 0 Å². The molecule has 0 unspecified atom stereocenters. The van der Waals surface area contributed by atoms with Crippen molar-refractivity contribution in [3.63, 3.8) is 0 Å². The Hall–Kier alpha value is -1.14. The van der Waals surface area contributed by atoms with Crippen LogP contribution in [-0.4, -0.2) is 27.7 Å². The van der Waals surface area contributed by atoms with Gasteiger partial charge in [0.1, 0.15) is 16.2 Å². The van der Waals surface area contributed by atoms with Crippen LogP contribution in [0.3, 0.4) is 0 Å². The summed E-state index contributed by atoms with van der Waals surface area (Å²) in [6.45, 7) is 11.0. The summed E-state index contributed by atoms with van der Waals surface area (Å²) in [4.78, 5) is 23.1. The Morgan fingerprint density at radius 1 is 1.33 bits per heavy atom. The second kappa shape index (κ2) is 6.75. The van der Waals surface area contributed by atoms with Gasteiger partial charge in [0.15, 0.2) is 0 Å². The van der Waals surface area contributed by atoms with E-state index in [1.165, 1.54) is 22.2 Å². The summed E-state index contributed by atoms with van der Waals surface area (Å²) in [6, 6.07) is 0. The number of hydrogen-bond donors (Lipinski definition) is 1. The van der Waals surface area contributed by atoms with Crippen molar-refractivity contribution in [1.29, 1.82) is 0 Å². The fraction of sp³-hybridized carbons (Fsp3) is 0.533. The number of aromatic nitrogens is 2. The maximum Gasteiger partial charge on any atom is 0.233 e. The Bertz CT molecular complexity index is 652. The first-order valence-corrected chi connectivity index (χ1v) is 8.74. The van der Waals surface area contributed by atoms with E-state index in [0.29, 0.717) is 12.5 Å². The van der Waals surface area contributed by atoms with Crippen molar-refractivity contribution < 1.29 is 4.79 Å². The molecule has 4 nitrogen and oxygen atoms in total. The third-order valence-electron chi connectivity index (χ3n) is 3.27. The zero-order valence-corrected chi connectivity index (χ0v) is 14.7. The SMILES string of the molecule is Cc1sc2ncnc(S[C@H](C)C(=O)NCC(C)C)c2c1C. The highest BCUT2D eigenvalue weighted by Gasteiger charge is 2.19. The smallest absolute Gasteiger partial charge is 0.233 e. The number of nitrogens with zero attached hydrogens (tertiary/aromatic N) is 2. The lowest BCUT2D eigenvalue weighted by Crippen LogP contribution is -2.33. The number of hydrogen-bond acceptors (Lipinski definition) is 5. The molecule has 2 rings (SSSR count). The number of carbonyl (C=O) groups is 1. The van der Waals surface area contributed by atoms with Crippen LogP contribution < -0.4 is 5.32 Å². The molecule has 2 aromatic rings. The van der Waals surface area contributed by atoms with E-state index in [9.17, 15) is 4.79 Å². The lowest BCUT2D eigenvalue weighted by molar-refractivity contribution is -0.120. The molecule has 1 atom stereocenters. The molecule has 0 aliphatic rings. The average Bonchev–Trinajstić information content (AvgIpc) is 2.72. The normalized spacial score (nSPS) is 12.9. The average molecular weight is 323 g/mol. The lowest BCUT2D eigenvalue weighted by atomic mass is 10.2. The highest BCUT2D eigenvalue weighted by Crippen LogP contribution is 2.35. The van der Waals surface area contributed by atoms with E-state index in [4.69, 9.17) is 0 Å². The van der Waals surface area contributed by atoms with Gasteiger partial charge in [0.05, 0.1) is 5.25 Å². The van der Waals surface area contributed by atoms with Gasteiger partial charge in [-0.3, -0.25) is 4.79 Å². The molecule has 0 bridgehead atoms. The number of amides is 1. The fourth-order valence-electron chi connectivity index (χ4n) is 1.91. The van der Waals surface area contributed by atoms with Crippen molar-refractivity contribution in [2.75, 3.05) is 6.54 Å². The van der Waals surface area contributed by atoms with Crippen LogP contribution in [0.5, 0.6) is 0 Å². The number of nitrogens with one attached hydrogen (secondary N) is 1. The molecule has 0 fully saturated rings. The molecular formula is C15H21N3OS2. The fourth-order valence-corrected chi connectivity index (χ4v) is 3.97. The molecule has 0 saturated carbocycles. The molecule has 1 amide bonds. The Kier molecular flexibility index (Phi) is 5.22. The molecule has 0 aromatic carbocycles. The van der Waals surface area contributed by atoms with Crippen LogP contribution in [0.2, 0.25) is 0 Å². The van der Waals surface area contributed by atoms with Gasteiger partial charge in [0.25, 0.3) is 0 Å². The summed E-state index contributed by atoms with van der Waals surface area (Å²) in [5.41, 5.74) is 1.22. The van der Waals surface area contributed by atoms with Crippen LogP contribution in [0.25, 0.3) is 10.2 Å². The van der Waals surface area contributed by atoms with Gasteiger partial charge >= 0.3 is 0 Å². The van der Waals surface area contributed by atoms with Crippen LogP contribution >= 0.6 is 23.1 Å². The molecule has 114 valence electrons. The summed E-state index contributed by atoms with van der Waals surface area (Å²) >= 11 is 3.18. The highest BCUT2D eigenvalue weighted by atomic mass is 32.2. The Labute approximate surface area is 133 Å². The highest BCUT2D eigenvalue weighted by molar-refractivity contribution is 8.00. The van der Waals surface area contributed by atoms with E-state index in [2.05, 4.69) is 43.0 Å². The van der Waals surface area contributed by atoms with Gasteiger partial charge in [-0.1, -0.05) is 25.6 Å². The maximum atomic E-state index is 12.1. The first-order valence-electron chi connectivity index (χ1n) is 7.05. The molecule has 0 spiro atoms. The van der Waals surface area contributed by atoms with Gasteiger partial charge in [-0.15, -0.1) is 11.3 Å². The van der Waals surface area contributed by atoms with Crippen LogP contribution in [-0.2, 0) is 4.79 Å². The lowest BCUT2D eigenvalue weighted by Gasteiger charge is -2.13. The minimum absolute atomic E-state index is 0.0602. The first kappa shape index (κ1) is 16.2.